The molecule has 0 aliphatic carbocycles. The molecule has 92 valence electrons. The Bertz CT molecular complexity index is 466. The second kappa shape index (κ2) is 5.50. The number of nitrogens with zero attached hydrogens (tertiary/aromatic N) is 1. The van der Waals surface area contributed by atoms with Crippen LogP contribution in [-0.2, 0) is 4.79 Å². The van der Waals surface area contributed by atoms with Gasteiger partial charge >= 0.3 is 0 Å². The summed E-state index contributed by atoms with van der Waals surface area (Å²) in [6, 6.07) is 19.8. The Morgan fingerprint density at radius 1 is 0.833 bits per heavy atom. The standard InChI is InChI=1S/C16H17NO/c1-17(2)16(18)15(13-9-5-3-6-10-13)14-11-7-4-8-12-14/h3-12,15H,1-2H3/i3+1,5+1,6+1,9+1,10+1,13+1. The molecule has 0 spiro atoms. The topological polar surface area (TPSA) is 20.3 Å². The van der Waals surface area contributed by atoms with Crippen LogP contribution < -0.4 is 0 Å². The van der Waals surface area contributed by atoms with E-state index in [-0.39, 0.29) is 11.8 Å². The molecule has 0 saturated carbocycles. The summed E-state index contributed by atoms with van der Waals surface area (Å²) in [7, 11) is 3.59. The highest BCUT2D eigenvalue weighted by atomic mass is 16.2. The second-order valence-corrected chi connectivity index (χ2v) is 4.49. The molecule has 2 aromatic carbocycles. The van der Waals surface area contributed by atoms with Crippen LogP contribution in [0.5, 0.6) is 0 Å². The van der Waals surface area contributed by atoms with E-state index in [2.05, 4.69) is 0 Å². The Morgan fingerprint density at radius 3 is 1.56 bits per heavy atom. The number of amides is 1. The zero-order valence-corrected chi connectivity index (χ0v) is 10.7. The maximum atomic E-state index is 12.4. The Labute approximate surface area is 108 Å². The van der Waals surface area contributed by atoms with Crippen LogP contribution in [0.2, 0.25) is 0 Å². The van der Waals surface area contributed by atoms with Gasteiger partial charge in [-0.1, -0.05) is 60.7 Å². The van der Waals surface area contributed by atoms with E-state index in [0.717, 1.165) is 11.1 Å². The lowest BCUT2D eigenvalue weighted by molar-refractivity contribution is -0.129. The summed E-state index contributed by atoms with van der Waals surface area (Å²) in [5.41, 5.74) is 2.06. The normalized spacial score (nSPS) is 11.9. The molecule has 18 heavy (non-hydrogen) atoms. The van der Waals surface area contributed by atoms with Crippen molar-refractivity contribution in [3.05, 3.63) is 71.8 Å². The third-order valence-corrected chi connectivity index (χ3v) is 2.95. The molecular weight excluding hydrogens is 228 g/mol. The number of hydrogen-bond donors (Lipinski definition) is 0. The van der Waals surface area contributed by atoms with Crippen molar-refractivity contribution in [2.24, 2.45) is 0 Å². The van der Waals surface area contributed by atoms with Gasteiger partial charge in [0.1, 0.15) is 0 Å². The highest BCUT2D eigenvalue weighted by Crippen LogP contribution is 2.25. The quantitative estimate of drug-likeness (QED) is 0.814. The van der Waals surface area contributed by atoms with Crippen molar-refractivity contribution in [2.75, 3.05) is 14.1 Å². The molecule has 0 aliphatic heterocycles. The summed E-state index contributed by atoms with van der Waals surface area (Å²) in [6.07, 6.45) is 0. The predicted octanol–water partition coefficient (Wildman–Crippen LogP) is 2.91. The lowest BCUT2D eigenvalue weighted by atomic mass is 10.0. The number of likely N-dealkylation sites (N-methyl/N-ethyl adjacent to an activating group) is 1. The molecule has 1 unspecified atom stereocenters. The number of benzene rings is 2. The van der Waals surface area contributed by atoms with E-state index < -0.39 is 0 Å². The average Bonchev–Trinajstić information content (AvgIpc) is 2.41. The highest BCUT2D eigenvalue weighted by molar-refractivity contribution is 5.86. The van der Waals surface area contributed by atoms with E-state index in [1.54, 1.807) is 19.0 Å². The summed E-state index contributed by atoms with van der Waals surface area (Å²) < 4.78 is 0. The van der Waals surface area contributed by atoms with Crippen molar-refractivity contribution >= 4 is 5.91 Å². The fourth-order valence-corrected chi connectivity index (χ4v) is 2.03. The van der Waals surface area contributed by atoms with Crippen LogP contribution >= 0.6 is 0 Å². The molecule has 2 nitrogen and oxygen atoms in total. The third-order valence-electron chi connectivity index (χ3n) is 2.95. The SMILES string of the molecule is CN(C)C(=O)C(c1ccccc1)[13c]1[13cH][13cH][13cH][13cH][13cH]1. The van der Waals surface area contributed by atoms with Gasteiger partial charge in [-0.25, -0.2) is 0 Å². The zero-order chi connectivity index (χ0) is 13.0. The van der Waals surface area contributed by atoms with E-state index in [0.29, 0.717) is 0 Å². The van der Waals surface area contributed by atoms with E-state index in [9.17, 15) is 4.79 Å². The van der Waals surface area contributed by atoms with E-state index in [1.807, 2.05) is 60.7 Å². The van der Waals surface area contributed by atoms with Crippen LogP contribution in [0.4, 0.5) is 0 Å². The van der Waals surface area contributed by atoms with Crippen LogP contribution in [-0.4, -0.2) is 24.9 Å². The summed E-state index contributed by atoms with van der Waals surface area (Å²) in [5.74, 6) is -0.116. The Kier molecular flexibility index (Phi) is 3.78. The summed E-state index contributed by atoms with van der Waals surface area (Å²) in [5, 5.41) is 0. The number of hydrogen-bond acceptors (Lipinski definition) is 1. The first-order valence-electron chi connectivity index (χ1n) is 6.01. The monoisotopic (exact) mass is 245 g/mol. The minimum absolute atomic E-state index is 0.104. The largest absolute Gasteiger partial charge is 0.348 e. The molecule has 0 N–H and O–H groups in total. The Balaban J connectivity index is 2.45. The fraction of sp³-hybridized carbons (Fsp3) is 0.188. The lowest BCUT2D eigenvalue weighted by Crippen LogP contribution is -2.28. The average molecular weight is 245 g/mol. The summed E-state index contributed by atoms with van der Waals surface area (Å²) >= 11 is 0. The van der Waals surface area contributed by atoms with Gasteiger partial charge in [0.05, 0.1) is 5.92 Å². The van der Waals surface area contributed by atoms with Crippen LogP contribution in [0.25, 0.3) is 0 Å². The van der Waals surface area contributed by atoms with Crippen molar-refractivity contribution < 1.29 is 4.79 Å². The van der Waals surface area contributed by atoms with Crippen LogP contribution in [0.3, 0.4) is 0 Å². The minimum Gasteiger partial charge on any atom is -0.348 e. The van der Waals surface area contributed by atoms with Gasteiger partial charge in [0.2, 0.25) is 5.91 Å². The summed E-state index contributed by atoms with van der Waals surface area (Å²) in [4.78, 5) is 14.0. The van der Waals surface area contributed by atoms with Crippen LogP contribution in [0, 0.1) is 0 Å². The molecule has 1 atom stereocenters. The molecule has 0 aromatic heterocycles. The van der Waals surface area contributed by atoms with Gasteiger partial charge in [-0.15, -0.1) is 0 Å². The molecule has 2 aromatic rings. The molecule has 0 heterocycles. The summed E-state index contributed by atoms with van der Waals surface area (Å²) in [6.45, 7) is 0. The van der Waals surface area contributed by atoms with Gasteiger partial charge < -0.3 is 4.90 Å². The maximum Gasteiger partial charge on any atom is 0.234 e. The first-order chi connectivity index (χ1) is 8.70. The van der Waals surface area contributed by atoms with Crippen molar-refractivity contribution in [1.82, 2.24) is 4.90 Å². The predicted molar refractivity (Wildman–Crippen MR) is 73.4 cm³/mol. The highest BCUT2D eigenvalue weighted by Gasteiger charge is 2.23. The van der Waals surface area contributed by atoms with E-state index in [4.69, 9.17) is 0 Å². The molecule has 1 amide bonds. The lowest BCUT2D eigenvalue weighted by Gasteiger charge is -2.21. The molecular formula is C16H17NO. The molecule has 0 aliphatic rings. The molecule has 0 bridgehead atoms. The van der Waals surface area contributed by atoms with E-state index >= 15 is 0 Å². The molecule has 2 rings (SSSR count). The first kappa shape index (κ1) is 12.4. The zero-order valence-electron chi connectivity index (χ0n) is 10.7. The van der Waals surface area contributed by atoms with Crippen molar-refractivity contribution in [3.63, 3.8) is 0 Å². The minimum atomic E-state index is -0.220. The first-order valence-corrected chi connectivity index (χ1v) is 6.01. The Morgan fingerprint density at radius 2 is 1.22 bits per heavy atom. The van der Waals surface area contributed by atoms with Gasteiger partial charge in [0.25, 0.3) is 0 Å². The number of rotatable bonds is 3. The molecule has 0 saturated heterocycles. The van der Waals surface area contributed by atoms with Gasteiger partial charge in [-0.05, 0) is 11.1 Å². The molecule has 0 radical (unpaired) electrons. The van der Waals surface area contributed by atoms with Crippen molar-refractivity contribution in [3.8, 4) is 0 Å². The van der Waals surface area contributed by atoms with Gasteiger partial charge in [-0.2, -0.15) is 0 Å². The van der Waals surface area contributed by atoms with E-state index in [1.165, 1.54) is 0 Å². The van der Waals surface area contributed by atoms with Gasteiger partial charge in [0.15, 0.2) is 0 Å². The number of carbonyl (C=O) groups excluding carboxylic acids is 1. The van der Waals surface area contributed by atoms with Gasteiger partial charge in [0, 0.05) is 14.1 Å². The maximum absolute atomic E-state index is 12.4. The van der Waals surface area contributed by atoms with Crippen LogP contribution in [0.15, 0.2) is 60.7 Å². The smallest absolute Gasteiger partial charge is 0.234 e. The molecule has 0 fully saturated rings. The second-order valence-electron chi connectivity index (χ2n) is 4.49. The third kappa shape index (κ3) is 2.59. The van der Waals surface area contributed by atoms with Crippen LogP contribution in [0.1, 0.15) is 17.0 Å². The van der Waals surface area contributed by atoms with Crippen molar-refractivity contribution in [1.29, 1.82) is 0 Å². The van der Waals surface area contributed by atoms with Crippen molar-refractivity contribution in [2.45, 2.75) is 5.92 Å². The fourth-order valence-electron chi connectivity index (χ4n) is 2.03. The number of carbonyl (C=O) groups is 1. The van der Waals surface area contributed by atoms with Gasteiger partial charge in [-0.3, -0.25) is 4.79 Å². The molecule has 2 heteroatoms. The Hall–Kier alpha value is -2.09.